The average molecular weight is 410 g/mol. The molecule has 1 aliphatic carbocycles. The quantitative estimate of drug-likeness (QED) is 0.413. The molecule has 0 spiro atoms. The van der Waals surface area contributed by atoms with E-state index in [2.05, 4.69) is 10.3 Å². The van der Waals surface area contributed by atoms with Crippen LogP contribution in [-0.2, 0) is 9.53 Å². The normalized spacial score (nSPS) is 26.5. The standard InChI is InChI=1S/C14H26N4O2.HI/c1-18(2)13(19)12-8-7-11(20-12)9-16-14(15)17-10-5-3-4-6-10;/h10-12H,3-9H2,1-2H3,(H3,15,16,17);1H. The molecule has 2 atom stereocenters. The molecule has 3 N–H and O–H groups in total. The van der Waals surface area contributed by atoms with Crippen molar-refractivity contribution >= 4 is 35.8 Å². The molecule has 0 radical (unpaired) electrons. The number of nitrogens with zero attached hydrogens (tertiary/aromatic N) is 2. The van der Waals surface area contributed by atoms with Crippen molar-refractivity contribution in [1.82, 2.24) is 10.2 Å². The summed E-state index contributed by atoms with van der Waals surface area (Å²) in [6.45, 7) is 0.531. The van der Waals surface area contributed by atoms with Crippen molar-refractivity contribution in [2.24, 2.45) is 10.7 Å². The van der Waals surface area contributed by atoms with Gasteiger partial charge in [0.15, 0.2) is 5.96 Å². The predicted octanol–water partition coefficient (Wildman–Crippen LogP) is 1.09. The van der Waals surface area contributed by atoms with Gasteiger partial charge in [-0.3, -0.25) is 9.79 Å². The smallest absolute Gasteiger partial charge is 0.251 e. The number of rotatable bonds is 4. The van der Waals surface area contributed by atoms with E-state index in [1.165, 1.54) is 25.7 Å². The maximum Gasteiger partial charge on any atom is 0.251 e. The topological polar surface area (TPSA) is 80.0 Å². The fraction of sp³-hybridized carbons (Fsp3) is 0.857. The zero-order valence-corrected chi connectivity index (χ0v) is 15.2. The molecule has 1 aliphatic heterocycles. The summed E-state index contributed by atoms with van der Waals surface area (Å²) in [5.74, 6) is 0.538. The number of hydrogen-bond donors (Lipinski definition) is 2. The molecule has 0 bridgehead atoms. The number of halogens is 1. The molecule has 2 unspecified atom stereocenters. The van der Waals surface area contributed by atoms with Crippen molar-refractivity contribution < 1.29 is 9.53 Å². The predicted molar refractivity (Wildman–Crippen MR) is 93.9 cm³/mol. The Morgan fingerprint density at radius 3 is 2.57 bits per heavy atom. The molecule has 0 aromatic rings. The van der Waals surface area contributed by atoms with Crippen molar-refractivity contribution in [3.8, 4) is 0 Å². The lowest BCUT2D eigenvalue weighted by molar-refractivity contribution is -0.140. The molecule has 1 heterocycles. The average Bonchev–Trinajstić information content (AvgIpc) is 3.06. The highest BCUT2D eigenvalue weighted by Gasteiger charge is 2.31. The molecular weight excluding hydrogens is 383 g/mol. The van der Waals surface area contributed by atoms with Crippen molar-refractivity contribution in [1.29, 1.82) is 0 Å². The van der Waals surface area contributed by atoms with E-state index in [0.29, 0.717) is 18.5 Å². The Hall–Kier alpha value is -0.570. The Morgan fingerprint density at radius 1 is 1.29 bits per heavy atom. The van der Waals surface area contributed by atoms with Gasteiger partial charge in [0, 0.05) is 20.1 Å². The molecule has 0 aromatic carbocycles. The van der Waals surface area contributed by atoms with Gasteiger partial charge in [-0.15, -0.1) is 24.0 Å². The Morgan fingerprint density at radius 2 is 1.95 bits per heavy atom. The number of carbonyl (C=O) groups is 1. The van der Waals surface area contributed by atoms with E-state index in [-0.39, 0.29) is 42.1 Å². The highest BCUT2D eigenvalue weighted by molar-refractivity contribution is 14.0. The van der Waals surface area contributed by atoms with Gasteiger partial charge < -0.3 is 20.7 Å². The van der Waals surface area contributed by atoms with E-state index >= 15 is 0 Å². The summed E-state index contributed by atoms with van der Waals surface area (Å²) in [5, 5.41) is 3.25. The third kappa shape index (κ3) is 5.61. The van der Waals surface area contributed by atoms with Crippen molar-refractivity contribution in [2.75, 3.05) is 20.6 Å². The Bertz CT molecular complexity index is 370. The number of amides is 1. The number of ether oxygens (including phenoxy) is 1. The third-order valence-electron chi connectivity index (χ3n) is 4.00. The summed E-state index contributed by atoms with van der Waals surface area (Å²) in [6, 6.07) is 0.478. The minimum atomic E-state index is -0.311. The maximum absolute atomic E-state index is 11.8. The Balaban J connectivity index is 0.00000220. The van der Waals surface area contributed by atoms with Crippen molar-refractivity contribution in [3.05, 3.63) is 0 Å². The largest absolute Gasteiger partial charge is 0.370 e. The number of nitrogens with two attached hydrogens (primary N) is 1. The first-order valence-electron chi connectivity index (χ1n) is 7.49. The monoisotopic (exact) mass is 410 g/mol. The fourth-order valence-electron chi connectivity index (χ4n) is 2.83. The van der Waals surface area contributed by atoms with Crippen LogP contribution in [0.2, 0.25) is 0 Å². The Labute approximate surface area is 143 Å². The lowest BCUT2D eigenvalue weighted by Gasteiger charge is -2.17. The van der Waals surface area contributed by atoms with E-state index in [9.17, 15) is 4.79 Å². The van der Waals surface area contributed by atoms with Gasteiger partial charge in [-0.1, -0.05) is 12.8 Å². The van der Waals surface area contributed by atoms with Crippen LogP contribution in [0.4, 0.5) is 0 Å². The van der Waals surface area contributed by atoms with Gasteiger partial charge in [-0.25, -0.2) is 0 Å². The zero-order chi connectivity index (χ0) is 14.5. The lowest BCUT2D eigenvalue weighted by atomic mass is 10.2. The SMILES string of the molecule is CN(C)C(=O)C1CCC(CN=C(N)NC2CCCC2)O1.I. The minimum absolute atomic E-state index is 0. The van der Waals surface area contributed by atoms with Crippen LogP contribution < -0.4 is 11.1 Å². The first kappa shape index (κ1) is 18.5. The van der Waals surface area contributed by atoms with Gasteiger partial charge in [-0.2, -0.15) is 0 Å². The molecule has 1 amide bonds. The summed E-state index contributed by atoms with van der Waals surface area (Å²) in [7, 11) is 3.50. The molecule has 2 rings (SSSR count). The van der Waals surface area contributed by atoms with Gasteiger partial charge in [0.2, 0.25) is 0 Å². The number of nitrogens with one attached hydrogen (secondary N) is 1. The maximum atomic E-state index is 11.8. The van der Waals surface area contributed by atoms with E-state index in [1.54, 1.807) is 19.0 Å². The lowest BCUT2D eigenvalue weighted by Crippen LogP contribution is -2.39. The van der Waals surface area contributed by atoms with Gasteiger partial charge in [0.1, 0.15) is 6.10 Å². The van der Waals surface area contributed by atoms with Gasteiger partial charge in [-0.05, 0) is 25.7 Å². The first-order chi connectivity index (χ1) is 9.56. The summed E-state index contributed by atoms with van der Waals surface area (Å²) in [4.78, 5) is 17.7. The number of guanidine groups is 1. The van der Waals surface area contributed by atoms with Crippen LogP contribution in [0.5, 0.6) is 0 Å². The van der Waals surface area contributed by atoms with Crippen LogP contribution in [0.25, 0.3) is 0 Å². The molecule has 2 fully saturated rings. The second-order valence-electron chi connectivity index (χ2n) is 5.91. The molecule has 2 aliphatic rings. The molecule has 6 nitrogen and oxygen atoms in total. The molecular formula is C14H27IN4O2. The fourth-order valence-corrected chi connectivity index (χ4v) is 2.83. The second-order valence-corrected chi connectivity index (χ2v) is 5.91. The third-order valence-corrected chi connectivity index (χ3v) is 4.00. The molecule has 21 heavy (non-hydrogen) atoms. The van der Waals surface area contributed by atoms with Crippen molar-refractivity contribution in [3.63, 3.8) is 0 Å². The van der Waals surface area contributed by atoms with E-state index < -0.39 is 0 Å². The van der Waals surface area contributed by atoms with E-state index in [1.807, 2.05) is 0 Å². The first-order valence-corrected chi connectivity index (χ1v) is 7.49. The Kier molecular flexibility index (Phi) is 7.72. The number of carbonyl (C=O) groups excluding carboxylic acids is 1. The molecule has 0 aromatic heterocycles. The van der Waals surface area contributed by atoms with Crippen molar-refractivity contribution in [2.45, 2.75) is 56.8 Å². The highest BCUT2D eigenvalue weighted by atomic mass is 127. The molecule has 1 saturated carbocycles. The number of aliphatic imine (C=N–C) groups is 1. The van der Waals surface area contributed by atoms with E-state index in [0.717, 1.165) is 12.8 Å². The van der Waals surface area contributed by atoms with Gasteiger partial charge >= 0.3 is 0 Å². The number of hydrogen-bond acceptors (Lipinski definition) is 3. The molecule has 7 heteroatoms. The minimum Gasteiger partial charge on any atom is -0.370 e. The van der Waals surface area contributed by atoms with Crippen LogP contribution in [0.15, 0.2) is 4.99 Å². The zero-order valence-electron chi connectivity index (χ0n) is 12.9. The summed E-state index contributed by atoms with van der Waals surface area (Å²) < 4.78 is 5.72. The number of likely N-dealkylation sites (N-methyl/N-ethyl adjacent to an activating group) is 1. The van der Waals surface area contributed by atoms with Crippen LogP contribution >= 0.6 is 24.0 Å². The summed E-state index contributed by atoms with van der Waals surface area (Å²) >= 11 is 0. The summed E-state index contributed by atoms with van der Waals surface area (Å²) in [6.07, 6.45) is 6.22. The summed E-state index contributed by atoms with van der Waals surface area (Å²) in [5.41, 5.74) is 5.88. The molecule has 1 saturated heterocycles. The highest BCUT2D eigenvalue weighted by Crippen LogP contribution is 2.21. The van der Waals surface area contributed by atoms with Gasteiger partial charge in [0.05, 0.1) is 12.6 Å². The van der Waals surface area contributed by atoms with Crippen LogP contribution in [0.1, 0.15) is 38.5 Å². The molecule has 122 valence electrons. The van der Waals surface area contributed by atoms with Crippen LogP contribution in [0.3, 0.4) is 0 Å². The van der Waals surface area contributed by atoms with Crippen LogP contribution in [-0.4, -0.2) is 55.7 Å². The van der Waals surface area contributed by atoms with Gasteiger partial charge in [0.25, 0.3) is 5.91 Å². The van der Waals surface area contributed by atoms with E-state index in [4.69, 9.17) is 10.5 Å². The van der Waals surface area contributed by atoms with Crippen LogP contribution in [0, 0.1) is 0 Å². The second kappa shape index (κ2) is 8.77.